The Morgan fingerprint density at radius 3 is 2.55 bits per heavy atom. The molecule has 1 aliphatic rings. The largest absolute Gasteiger partial charge is 0.434 e. The Morgan fingerprint density at radius 1 is 1.17 bits per heavy atom. The van der Waals surface area contributed by atoms with Crippen LogP contribution < -0.4 is 4.90 Å². The molecule has 1 aromatic carbocycles. The second kappa shape index (κ2) is 8.04. The average Bonchev–Trinajstić information content (AvgIpc) is 3.38. The first-order valence-electron chi connectivity index (χ1n) is 9.72. The quantitative estimate of drug-likeness (QED) is 0.467. The van der Waals surface area contributed by atoms with Gasteiger partial charge in [-0.3, -0.25) is 4.90 Å². The van der Waals surface area contributed by atoms with E-state index in [1.807, 2.05) is 12.1 Å². The molecule has 4 rings (SSSR count). The number of rotatable bonds is 6. The number of nitrogens with zero attached hydrogens (tertiary/aromatic N) is 6. The average molecular weight is 396 g/mol. The van der Waals surface area contributed by atoms with Crippen LogP contribution in [-0.4, -0.2) is 56.8 Å². The van der Waals surface area contributed by atoms with Crippen molar-refractivity contribution in [1.29, 1.82) is 0 Å². The highest BCUT2D eigenvalue weighted by atomic mass is 16.6. The van der Waals surface area contributed by atoms with Gasteiger partial charge in [0.1, 0.15) is 24.6 Å². The summed E-state index contributed by atoms with van der Waals surface area (Å²) in [4.78, 5) is 19.1. The highest BCUT2D eigenvalue weighted by Gasteiger charge is 2.20. The Morgan fingerprint density at radius 2 is 1.90 bits per heavy atom. The minimum atomic E-state index is -0.517. The third kappa shape index (κ3) is 4.14. The Kier molecular flexibility index (Phi) is 5.30. The van der Waals surface area contributed by atoms with E-state index in [4.69, 9.17) is 4.52 Å². The van der Waals surface area contributed by atoms with Gasteiger partial charge >= 0.3 is 5.95 Å². The number of aromatic nitrogens is 3. The monoisotopic (exact) mass is 396 g/mol. The van der Waals surface area contributed by atoms with E-state index in [0.29, 0.717) is 17.5 Å². The van der Waals surface area contributed by atoms with Crippen LogP contribution in [0.3, 0.4) is 0 Å². The van der Waals surface area contributed by atoms with Crippen LogP contribution in [0.25, 0.3) is 11.3 Å². The second-order valence-electron chi connectivity index (χ2n) is 7.45. The molecule has 0 radical (unpaired) electrons. The van der Waals surface area contributed by atoms with Crippen LogP contribution >= 0.6 is 0 Å². The van der Waals surface area contributed by atoms with Crippen molar-refractivity contribution >= 4 is 11.6 Å². The fourth-order valence-corrected chi connectivity index (χ4v) is 3.63. The Balaban J connectivity index is 1.42. The summed E-state index contributed by atoms with van der Waals surface area (Å²) in [5.41, 5.74) is 2.86. The second-order valence-corrected chi connectivity index (χ2v) is 7.45. The van der Waals surface area contributed by atoms with Crippen LogP contribution in [0, 0.1) is 10.1 Å². The van der Waals surface area contributed by atoms with Gasteiger partial charge in [0, 0.05) is 49.5 Å². The lowest BCUT2D eigenvalue weighted by molar-refractivity contribution is -0.396. The van der Waals surface area contributed by atoms with Crippen molar-refractivity contribution in [3.05, 3.63) is 58.6 Å². The number of piperazine rings is 1. The molecule has 9 heteroatoms. The van der Waals surface area contributed by atoms with E-state index in [1.54, 1.807) is 12.3 Å². The van der Waals surface area contributed by atoms with E-state index in [-0.39, 0.29) is 12.5 Å². The van der Waals surface area contributed by atoms with Gasteiger partial charge in [-0.05, 0) is 30.9 Å². The van der Waals surface area contributed by atoms with Crippen molar-refractivity contribution in [2.24, 2.45) is 0 Å². The number of anilines is 1. The Hall–Kier alpha value is -3.20. The summed E-state index contributed by atoms with van der Waals surface area (Å²) in [6, 6.07) is 10.7. The smallest absolute Gasteiger partial charge is 0.390 e. The van der Waals surface area contributed by atoms with E-state index < -0.39 is 4.92 Å². The maximum Gasteiger partial charge on any atom is 0.434 e. The molecule has 0 spiro atoms. The van der Waals surface area contributed by atoms with Gasteiger partial charge in [0.25, 0.3) is 0 Å². The highest BCUT2D eigenvalue weighted by Crippen LogP contribution is 2.25. The minimum Gasteiger partial charge on any atom is -0.390 e. The van der Waals surface area contributed by atoms with Crippen LogP contribution in [0.2, 0.25) is 0 Å². The lowest BCUT2D eigenvalue weighted by Gasteiger charge is -2.38. The molecule has 0 amide bonds. The van der Waals surface area contributed by atoms with Gasteiger partial charge < -0.3 is 19.5 Å². The maximum atomic E-state index is 11.0. The zero-order chi connectivity index (χ0) is 20.4. The first-order valence-corrected chi connectivity index (χ1v) is 9.72. The molecule has 0 aliphatic carbocycles. The number of hydrogen-bond donors (Lipinski definition) is 0. The van der Waals surface area contributed by atoms with Crippen molar-refractivity contribution in [3.8, 4) is 11.3 Å². The summed E-state index contributed by atoms with van der Waals surface area (Å²) < 4.78 is 6.79. The first-order chi connectivity index (χ1) is 14.0. The van der Waals surface area contributed by atoms with E-state index in [0.717, 1.165) is 31.7 Å². The van der Waals surface area contributed by atoms with Gasteiger partial charge in [-0.25, -0.2) is 4.57 Å². The Labute approximate surface area is 168 Å². The van der Waals surface area contributed by atoms with E-state index >= 15 is 0 Å². The predicted molar refractivity (Wildman–Crippen MR) is 109 cm³/mol. The molecular formula is C20H24N6O3. The lowest BCUT2D eigenvalue weighted by Crippen LogP contribution is -2.48. The van der Waals surface area contributed by atoms with Gasteiger partial charge in [0.15, 0.2) is 5.76 Å². The fourth-order valence-electron chi connectivity index (χ4n) is 3.63. The summed E-state index contributed by atoms with van der Waals surface area (Å²) >= 11 is 0. The SMILES string of the molecule is CC(C)N1CCN(c2ccc(-c3cc(Cn4ccnc4[N+](=O)[O-])on3)cc2)CC1. The standard InChI is InChI=1S/C20H24N6O3/c1-15(2)23-9-11-24(12-10-23)17-5-3-16(4-6-17)19-13-18(29-22-19)14-25-8-7-21-20(25)26(27)28/h3-8,13,15H,9-12,14H2,1-2H3. The fraction of sp³-hybridized carbons (Fsp3) is 0.400. The molecule has 1 fully saturated rings. The predicted octanol–water partition coefficient (Wildman–Crippen LogP) is 3.03. The number of benzene rings is 1. The molecule has 1 aliphatic heterocycles. The molecule has 0 bridgehead atoms. The molecule has 9 nitrogen and oxygen atoms in total. The molecule has 29 heavy (non-hydrogen) atoms. The molecule has 0 N–H and O–H groups in total. The van der Waals surface area contributed by atoms with Crippen LogP contribution in [-0.2, 0) is 6.54 Å². The van der Waals surface area contributed by atoms with Crippen molar-refractivity contribution in [3.63, 3.8) is 0 Å². The summed E-state index contributed by atoms with van der Waals surface area (Å²) in [7, 11) is 0. The summed E-state index contributed by atoms with van der Waals surface area (Å²) in [5, 5.41) is 15.1. The molecular weight excluding hydrogens is 372 g/mol. The van der Waals surface area contributed by atoms with Crippen LogP contribution in [0.15, 0.2) is 47.2 Å². The lowest BCUT2D eigenvalue weighted by atomic mass is 10.1. The third-order valence-corrected chi connectivity index (χ3v) is 5.31. The highest BCUT2D eigenvalue weighted by molar-refractivity contribution is 5.63. The third-order valence-electron chi connectivity index (χ3n) is 5.31. The normalized spacial score (nSPS) is 15.2. The van der Waals surface area contributed by atoms with Gasteiger partial charge in [0.2, 0.25) is 0 Å². The van der Waals surface area contributed by atoms with Gasteiger partial charge in [-0.2, -0.15) is 0 Å². The van der Waals surface area contributed by atoms with Gasteiger partial charge in [0.05, 0.1) is 0 Å². The van der Waals surface area contributed by atoms with Crippen molar-refractivity contribution in [1.82, 2.24) is 19.6 Å². The van der Waals surface area contributed by atoms with E-state index in [2.05, 4.69) is 45.9 Å². The Bertz CT molecular complexity index is 970. The van der Waals surface area contributed by atoms with E-state index in [1.165, 1.54) is 16.5 Å². The van der Waals surface area contributed by atoms with Gasteiger partial charge in [-0.1, -0.05) is 22.3 Å². The van der Waals surface area contributed by atoms with Crippen molar-refractivity contribution < 1.29 is 9.45 Å². The van der Waals surface area contributed by atoms with Crippen molar-refractivity contribution in [2.45, 2.75) is 26.4 Å². The molecule has 0 unspecified atom stereocenters. The number of imidazole rings is 1. The van der Waals surface area contributed by atoms with Gasteiger partial charge in [-0.15, -0.1) is 0 Å². The van der Waals surface area contributed by atoms with Crippen LogP contribution in [0.1, 0.15) is 19.6 Å². The summed E-state index contributed by atoms with van der Waals surface area (Å²) in [6.45, 7) is 8.88. The topological polar surface area (TPSA) is 93.5 Å². The molecule has 0 saturated carbocycles. The van der Waals surface area contributed by atoms with E-state index in [9.17, 15) is 10.1 Å². The molecule has 1 saturated heterocycles. The zero-order valence-electron chi connectivity index (χ0n) is 16.6. The molecule has 0 atom stereocenters. The number of hydrogen-bond acceptors (Lipinski definition) is 7. The van der Waals surface area contributed by atoms with Crippen molar-refractivity contribution in [2.75, 3.05) is 31.1 Å². The summed E-state index contributed by atoms with van der Waals surface area (Å²) in [5.74, 6) is 0.319. The maximum absolute atomic E-state index is 11.0. The molecule has 152 valence electrons. The van der Waals surface area contributed by atoms with Crippen LogP contribution in [0.4, 0.5) is 11.6 Å². The number of nitro groups is 1. The minimum absolute atomic E-state index is 0.210. The van der Waals surface area contributed by atoms with Crippen LogP contribution in [0.5, 0.6) is 0 Å². The molecule has 3 heterocycles. The first kappa shape index (κ1) is 19.1. The zero-order valence-corrected chi connectivity index (χ0v) is 16.6. The molecule has 2 aromatic heterocycles. The summed E-state index contributed by atoms with van der Waals surface area (Å²) in [6.07, 6.45) is 2.95. The molecule has 3 aromatic rings.